The van der Waals surface area contributed by atoms with Crippen molar-refractivity contribution in [2.24, 2.45) is 0 Å². The van der Waals surface area contributed by atoms with Crippen LogP contribution >= 0.6 is 24.8 Å². The highest BCUT2D eigenvalue weighted by molar-refractivity contribution is 5.90. The third kappa shape index (κ3) is 6.80. The molecule has 28 heavy (non-hydrogen) atoms. The van der Waals surface area contributed by atoms with Crippen molar-refractivity contribution < 1.29 is 14.4 Å². The van der Waals surface area contributed by atoms with Gasteiger partial charge in [0.25, 0.3) is 5.91 Å². The van der Waals surface area contributed by atoms with Gasteiger partial charge in [-0.3, -0.25) is 14.9 Å². The van der Waals surface area contributed by atoms with E-state index in [0.717, 1.165) is 32.1 Å². The number of nitrogens with one attached hydrogen (secondary N) is 2. The Hall–Kier alpha value is -2.12. The largest absolute Gasteiger partial charge is 0.379 e. The summed E-state index contributed by atoms with van der Waals surface area (Å²) in [5.74, 6) is -1.02. The number of rotatable bonds is 6. The highest BCUT2D eigenvalue weighted by atomic mass is 35.5. The van der Waals surface area contributed by atoms with E-state index in [1.54, 1.807) is 12.1 Å². The Morgan fingerprint density at radius 2 is 1.96 bits per heavy atom. The van der Waals surface area contributed by atoms with Crippen molar-refractivity contribution in [3.63, 3.8) is 0 Å². The van der Waals surface area contributed by atoms with Crippen LogP contribution < -0.4 is 10.8 Å². The lowest BCUT2D eigenvalue weighted by molar-refractivity contribution is -0.124. The van der Waals surface area contributed by atoms with Crippen LogP contribution in [0, 0.1) is 5.82 Å². The van der Waals surface area contributed by atoms with Gasteiger partial charge in [-0.25, -0.2) is 9.87 Å². The molecule has 0 spiro atoms. The lowest BCUT2D eigenvalue weighted by Gasteiger charge is -2.18. The van der Waals surface area contributed by atoms with Crippen LogP contribution in [0.25, 0.3) is 6.08 Å². The lowest BCUT2D eigenvalue weighted by Crippen LogP contribution is -2.26. The Morgan fingerprint density at radius 3 is 2.64 bits per heavy atom. The van der Waals surface area contributed by atoms with Crippen LogP contribution in [0.2, 0.25) is 0 Å². The minimum absolute atomic E-state index is 0. The predicted molar refractivity (Wildman–Crippen MR) is 114 cm³/mol. The molecule has 1 fully saturated rings. The van der Waals surface area contributed by atoms with Crippen LogP contribution in [0.3, 0.4) is 0 Å². The monoisotopic (exact) mass is 427 g/mol. The summed E-state index contributed by atoms with van der Waals surface area (Å²) in [6, 6.07) is 15.3. The Kier molecular flexibility index (Phi) is 9.96. The fourth-order valence-electron chi connectivity index (χ4n) is 3.12. The fraction of sp³-hybridized carbons (Fsp3) is 0.250. The summed E-state index contributed by atoms with van der Waals surface area (Å²) in [6.07, 6.45) is 3.54. The van der Waals surface area contributed by atoms with Crippen molar-refractivity contribution in [1.29, 1.82) is 0 Å². The zero-order valence-corrected chi connectivity index (χ0v) is 16.8. The average Bonchev–Trinajstić information content (AvgIpc) is 3.09. The normalized spacial score (nSPS) is 16.3. The molecule has 1 amide bonds. The van der Waals surface area contributed by atoms with E-state index < -0.39 is 5.91 Å². The molecule has 2 aromatic carbocycles. The molecule has 1 saturated heterocycles. The number of amides is 1. The first-order valence-electron chi connectivity index (χ1n) is 8.58. The minimum atomic E-state index is -0.655. The molecular weight excluding hydrogens is 404 g/mol. The standard InChI is InChI=1S/C20H22FN3O2.2ClH/c21-18-12-15(7-9-20(25)23-26)6-8-19(18)22-17-10-11-24(14-17)13-16-4-2-1-3-5-16;;/h1-9,12,17,22,26H,10-11,13-14H2,(H,23,25);2*1H/t17-;;/m1../s1. The molecule has 0 radical (unpaired) electrons. The Morgan fingerprint density at radius 1 is 1.21 bits per heavy atom. The van der Waals surface area contributed by atoms with Gasteiger partial charge in [0.1, 0.15) is 5.82 Å². The van der Waals surface area contributed by atoms with E-state index in [9.17, 15) is 9.18 Å². The van der Waals surface area contributed by atoms with E-state index in [0.29, 0.717) is 11.3 Å². The molecular formula is C20H24Cl2FN3O2. The molecule has 3 N–H and O–H groups in total. The molecule has 1 aliphatic rings. The van der Waals surface area contributed by atoms with Crippen LogP contribution in [0.5, 0.6) is 0 Å². The maximum absolute atomic E-state index is 14.3. The minimum Gasteiger partial charge on any atom is -0.379 e. The summed E-state index contributed by atoms with van der Waals surface area (Å²) in [5.41, 5.74) is 3.78. The van der Waals surface area contributed by atoms with Crippen LogP contribution in [0.1, 0.15) is 17.5 Å². The second kappa shape index (κ2) is 11.7. The van der Waals surface area contributed by atoms with Gasteiger partial charge in [-0.15, -0.1) is 24.8 Å². The van der Waals surface area contributed by atoms with Gasteiger partial charge in [-0.1, -0.05) is 36.4 Å². The Bertz CT molecular complexity index is 790. The second-order valence-electron chi connectivity index (χ2n) is 6.40. The highest BCUT2D eigenvalue weighted by Crippen LogP contribution is 2.21. The summed E-state index contributed by atoms with van der Waals surface area (Å²) in [5, 5.41) is 11.7. The summed E-state index contributed by atoms with van der Waals surface area (Å²) in [4.78, 5) is 13.3. The zero-order valence-electron chi connectivity index (χ0n) is 15.2. The number of hydroxylamine groups is 1. The highest BCUT2D eigenvalue weighted by Gasteiger charge is 2.23. The smallest absolute Gasteiger partial charge is 0.267 e. The maximum atomic E-state index is 14.3. The van der Waals surface area contributed by atoms with E-state index in [1.807, 2.05) is 18.2 Å². The zero-order chi connectivity index (χ0) is 18.4. The molecule has 3 rings (SSSR count). The van der Waals surface area contributed by atoms with E-state index in [-0.39, 0.29) is 36.7 Å². The van der Waals surface area contributed by atoms with Crippen molar-refractivity contribution in [2.75, 3.05) is 18.4 Å². The van der Waals surface area contributed by atoms with Crippen molar-refractivity contribution in [3.05, 3.63) is 71.6 Å². The Labute approximate surface area is 176 Å². The third-order valence-corrected chi connectivity index (χ3v) is 4.41. The Balaban J connectivity index is 0.00000196. The number of hydrogen-bond acceptors (Lipinski definition) is 4. The first-order chi connectivity index (χ1) is 12.6. The topological polar surface area (TPSA) is 64.6 Å². The van der Waals surface area contributed by atoms with Gasteiger partial charge in [-0.05, 0) is 35.8 Å². The van der Waals surface area contributed by atoms with Crippen LogP contribution in [-0.2, 0) is 11.3 Å². The summed E-state index contributed by atoms with van der Waals surface area (Å²) in [7, 11) is 0. The molecule has 5 nitrogen and oxygen atoms in total. The number of carbonyl (C=O) groups excluding carboxylic acids is 1. The molecule has 0 saturated carbocycles. The number of benzene rings is 2. The molecule has 1 aliphatic heterocycles. The number of carbonyl (C=O) groups is 1. The van der Waals surface area contributed by atoms with Gasteiger partial charge in [0.15, 0.2) is 0 Å². The number of nitrogens with zero attached hydrogens (tertiary/aromatic N) is 1. The first-order valence-corrected chi connectivity index (χ1v) is 8.58. The molecule has 1 heterocycles. The number of likely N-dealkylation sites (tertiary alicyclic amines) is 1. The van der Waals surface area contributed by atoms with Crippen molar-refractivity contribution >= 4 is 42.5 Å². The molecule has 152 valence electrons. The van der Waals surface area contributed by atoms with Gasteiger partial charge in [0, 0.05) is 31.8 Å². The average molecular weight is 428 g/mol. The van der Waals surface area contributed by atoms with Gasteiger partial charge in [0.05, 0.1) is 5.69 Å². The molecule has 8 heteroatoms. The van der Waals surface area contributed by atoms with Crippen molar-refractivity contribution in [2.45, 2.75) is 19.0 Å². The quantitative estimate of drug-likeness (QED) is 0.371. The van der Waals surface area contributed by atoms with E-state index in [1.165, 1.54) is 23.2 Å². The van der Waals surface area contributed by atoms with E-state index in [2.05, 4.69) is 22.3 Å². The van der Waals surface area contributed by atoms with E-state index in [4.69, 9.17) is 5.21 Å². The molecule has 0 aliphatic carbocycles. The first kappa shape index (κ1) is 23.9. The van der Waals surface area contributed by atoms with Crippen LogP contribution in [0.4, 0.5) is 10.1 Å². The van der Waals surface area contributed by atoms with Gasteiger partial charge in [0.2, 0.25) is 0 Å². The molecule has 0 aromatic heterocycles. The van der Waals surface area contributed by atoms with Gasteiger partial charge in [-0.2, -0.15) is 0 Å². The summed E-state index contributed by atoms with van der Waals surface area (Å²) >= 11 is 0. The lowest BCUT2D eigenvalue weighted by atomic mass is 10.1. The molecule has 0 bridgehead atoms. The fourth-order valence-corrected chi connectivity index (χ4v) is 3.12. The summed E-state index contributed by atoms with van der Waals surface area (Å²) in [6.45, 7) is 2.75. The molecule has 0 unspecified atom stereocenters. The summed E-state index contributed by atoms with van der Waals surface area (Å²) < 4.78 is 14.3. The predicted octanol–water partition coefficient (Wildman–Crippen LogP) is 3.87. The molecule has 1 atom stereocenters. The van der Waals surface area contributed by atoms with Crippen molar-refractivity contribution in [3.8, 4) is 0 Å². The second-order valence-corrected chi connectivity index (χ2v) is 6.40. The van der Waals surface area contributed by atoms with Crippen LogP contribution in [-0.4, -0.2) is 35.1 Å². The van der Waals surface area contributed by atoms with E-state index >= 15 is 0 Å². The SMILES string of the molecule is Cl.Cl.O=C(C=Cc1ccc(N[C@@H]2CCN(Cc3ccccc3)C2)c(F)c1)NO. The van der Waals surface area contributed by atoms with Crippen LogP contribution in [0.15, 0.2) is 54.6 Å². The third-order valence-electron chi connectivity index (χ3n) is 4.41. The molecule has 2 aromatic rings. The number of anilines is 1. The van der Waals surface area contributed by atoms with Gasteiger partial charge < -0.3 is 5.32 Å². The maximum Gasteiger partial charge on any atom is 0.267 e. The van der Waals surface area contributed by atoms with Gasteiger partial charge >= 0.3 is 0 Å². The van der Waals surface area contributed by atoms with Crippen molar-refractivity contribution in [1.82, 2.24) is 10.4 Å². The number of halogens is 3. The number of hydrogen-bond donors (Lipinski definition) is 3.